The molecule has 1 nitrogen and oxygen atoms in total. The van der Waals surface area contributed by atoms with Crippen molar-refractivity contribution in [2.45, 2.75) is 27.7 Å². The highest BCUT2D eigenvalue weighted by atomic mass is 16.1. The van der Waals surface area contributed by atoms with E-state index in [0.29, 0.717) is 0 Å². The highest BCUT2D eigenvalue weighted by Gasteiger charge is 2.06. The molecule has 0 aromatic heterocycles. The third-order valence-electron chi connectivity index (χ3n) is 2.42. The molecule has 0 aliphatic carbocycles. The van der Waals surface area contributed by atoms with Gasteiger partial charge in [0, 0.05) is 5.56 Å². The summed E-state index contributed by atoms with van der Waals surface area (Å²) in [7, 11) is 0. The van der Waals surface area contributed by atoms with Crippen molar-refractivity contribution in [1.82, 2.24) is 0 Å². The van der Waals surface area contributed by atoms with Crippen molar-refractivity contribution in [2.75, 3.05) is 0 Å². The van der Waals surface area contributed by atoms with Crippen LogP contribution in [0.25, 0.3) is 0 Å². The second kappa shape index (κ2) is 4.23. The van der Waals surface area contributed by atoms with Crippen LogP contribution in [0, 0.1) is 20.8 Å². The SMILES string of the molecule is C/C=C/C(=O)c1cc(C)c(C)cc1C. The van der Waals surface area contributed by atoms with Crippen LogP contribution in [0.5, 0.6) is 0 Å². The summed E-state index contributed by atoms with van der Waals surface area (Å²) in [6.45, 7) is 7.92. The van der Waals surface area contributed by atoms with Gasteiger partial charge in [0.1, 0.15) is 0 Å². The van der Waals surface area contributed by atoms with E-state index in [2.05, 4.69) is 13.0 Å². The van der Waals surface area contributed by atoms with Crippen LogP contribution in [-0.4, -0.2) is 5.78 Å². The Bertz CT molecular complexity index is 386. The van der Waals surface area contributed by atoms with Gasteiger partial charge in [0.15, 0.2) is 5.78 Å². The van der Waals surface area contributed by atoms with Gasteiger partial charge in [-0.05, 0) is 56.5 Å². The second-order valence-electron chi connectivity index (χ2n) is 3.62. The van der Waals surface area contributed by atoms with Crippen molar-refractivity contribution >= 4 is 5.78 Å². The molecule has 0 amide bonds. The highest BCUT2D eigenvalue weighted by molar-refractivity contribution is 6.05. The normalized spacial score (nSPS) is 10.9. The first-order chi connectivity index (χ1) is 6.56. The molecule has 14 heavy (non-hydrogen) atoms. The maximum Gasteiger partial charge on any atom is 0.185 e. The molecule has 0 heterocycles. The number of hydrogen-bond acceptors (Lipinski definition) is 1. The summed E-state index contributed by atoms with van der Waals surface area (Å²) >= 11 is 0. The highest BCUT2D eigenvalue weighted by Crippen LogP contribution is 2.16. The molecule has 1 rings (SSSR count). The molecule has 0 aliphatic rings. The zero-order valence-electron chi connectivity index (χ0n) is 9.22. The van der Waals surface area contributed by atoms with Gasteiger partial charge < -0.3 is 0 Å². The summed E-state index contributed by atoms with van der Waals surface area (Å²) in [4.78, 5) is 11.6. The summed E-state index contributed by atoms with van der Waals surface area (Å²) < 4.78 is 0. The quantitative estimate of drug-likeness (QED) is 0.513. The van der Waals surface area contributed by atoms with Crippen molar-refractivity contribution in [1.29, 1.82) is 0 Å². The minimum Gasteiger partial charge on any atom is -0.289 e. The lowest BCUT2D eigenvalue weighted by Crippen LogP contribution is -1.99. The van der Waals surface area contributed by atoms with E-state index < -0.39 is 0 Å². The maximum absolute atomic E-state index is 11.6. The van der Waals surface area contributed by atoms with Crippen LogP contribution in [0.3, 0.4) is 0 Å². The van der Waals surface area contributed by atoms with Crippen molar-refractivity contribution in [3.8, 4) is 0 Å². The lowest BCUT2D eigenvalue weighted by atomic mass is 9.98. The number of ketones is 1. The van der Waals surface area contributed by atoms with Crippen LogP contribution in [0.4, 0.5) is 0 Å². The molecular weight excluding hydrogens is 172 g/mol. The van der Waals surface area contributed by atoms with E-state index in [1.54, 1.807) is 12.2 Å². The maximum atomic E-state index is 11.6. The Balaban J connectivity index is 3.22. The number of aryl methyl sites for hydroxylation is 3. The van der Waals surface area contributed by atoms with Crippen LogP contribution in [0.2, 0.25) is 0 Å². The average Bonchev–Trinajstić information content (AvgIpc) is 2.11. The fourth-order valence-electron chi connectivity index (χ4n) is 1.47. The number of carbonyl (C=O) groups excluding carboxylic acids is 1. The van der Waals surface area contributed by atoms with Gasteiger partial charge in [-0.2, -0.15) is 0 Å². The lowest BCUT2D eigenvalue weighted by Gasteiger charge is -2.06. The second-order valence-corrected chi connectivity index (χ2v) is 3.62. The number of rotatable bonds is 2. The molecule has 0 aliphatic heterocycles. The molecule has 0 saturated carbocycles. The molecule has 0 N–H and O–H groups in total. The fraction of sp³-hybridized carbons (Fsp3) is 0.308. The Labute approximate surface area is 85.5 Å². The standard InChI is InChI=1S/C13H16O/c1-5-6-13(14)12-8-10(3)9(2)7-11(12)4/h5-8H,1-4H3/b6-5+. The first kappa shape index (κ1) is 10.7. The van der Waals surface area contributed by atoms with E-state index in [1.165, 1.54) is 11.1 Å². The van der Waals surface area contributed by atoms with E-state index in [1.807, 2.05) is 26.8 Å². The Morgan fingerprint density at radius 3 is 2.21 bits per heavy atom. The zero-order valence-corrected chi connectivity index (χ0v) is 9.22. The summed E-state index contributed by atoms with van der Waals surface area (Å²) in [6.07, 6.45) is 3.38. The summed E-state index contributed by atoms with van der Waals surface area (Å²) in [5.74, 6) is 0.0908. The van der Waals surface area contributed by atoms with Crippen LogP contribution >= 0.6 is 0 Å². The van der Waals surface area contributed by atoms with Crippen LogP contribution in [0.1, 0.15) is 34.0 Å². The summed E-state index contributed by atoms with van der Waals surface area (Å²) in [5.41, 5.74) is 4.27. The lowest BCUT2D eigenvalue weighted by molar-refractivity contribution is 0.104. The third kappa shape index (κ3) is 2.11. The van der Waals surface area contributed by atoms with Crippen LogP contribution < -0.4 is 0 Å². The zero-order chi connectivity index (χ0) is 10.7. The molecule has 0 radical (unpaired) electrons. The third-order valence-corrected chi connectivity index (χ3v) is 2.42. The van der Waals surface area contributed by atoms with E-state index in [0.717, 1.165) is 11.1 Å². The first-order valence-corrected chi connectivity index (χ1v) is 4.81. The molecule has 74 valence electrons. The van der Waals surface area contributed by atoms with E-state index in [4.69, 9.17) is 0 Å². The van der Waals surface area contributed by atoms with Crippen molar-refractivity contribution in [3.05, 3.63) is 46.5 Å². The van der Waals surface area contributed by atoms with Crippen molar-refractivity contribution in [2.24, 2.45) is 0 Å². The van der Waals surface area contributed by atoms with Gasteiger partial charge in [-0.25, -0.2) is 0 Å². The molecular formula is C13H16O. The molecule has 0 unspecified atom stereocenters. The van der Waals surface area contributed by atoms with Crippen molar-refractivity contribution in [3.63, 3.8) is 0 Å². The summed E-state index contributed by atoms with van der Waals surface area (Å²) in [5, 5.41) is 0. The Morgan fingerprint density at radius 2 is 1.64 bits per heavy atom. The molecule has 0 spiro atoms. The van der Waals surface area contributed by atoms with E-state index in [9.17, 15) is 4.79 Å². The largest absolute Gasteiger partial charge is 0.289 e. The predicted octanol–water partition coefficient (Wildman–Crippen LogP) is 3.37. The average molecular weight is 188 g/mol. The Hall–Kier alpha value is -1.37. The van der Waals surface area contributed by atoms with E-state index in [-0.39, 0.29) is 5.78 Å². The topological polar surface area (TPSA) is 17.1 Å². The number of allylic oxidation sites excluding steroid dienone is 2. The molecule has 1 heteroatoms. The Morgan fingerprint density at radius 1 is 1.07 bits per heavy atom. The van der Waals surface area contributed by atoms with Crippen LogP contribution in [0.15, 0.2) is 24.3 Å². The summed E-state index contributed by atoms with van der Waals surface area (Å²) in [6, 6.07) is 4.03. The molecule has 0 fully saturated rings. The fourth-order valence-corrected chi connectivity index (χ4v) is 1.47. The van der Waals surface area contributed by atoms with Gasteiger partial charge in [-0.3, -0.25) is 4.79 Å². The van der Waals surface area contributed by atoms with Gasteiger partial charge in [-0.1, -0.05) is 12.1 Å². The number of hydrogen-bond donors (Lipinski definition) is 0. The number of carbonyl (C=O) groups is 1. The minimum absolute atomic E-state index is 0.0908. The van der Waals surface area contributed by atoms with Gasteiger partial charge in [0.2, 0.25) is 0 Å². The van der Waals surface area contributed by atoms with Crippen LogP contribution in [-0.2, 0) is 0 Å². The molecule has 0 bridgehead atoms. The first-order valence-electron chi connectivity index (χ1n) is 4.81. The number of benzene rings is 1. The minimum atomic E-state index is 0.0908. The molecule has 0 atom stereocenters. The van der Waals surface area contributed by atoms with Gasteiger partial charge >= 0.3 is 0 Å². The molecule has 0 saturated heterocycles. The monoisotopic (exact) mass is 188 g/mol. The van der Waals surface area contributed by atoms with Crippen molar-refractivity contribution < 1.29 is 4.79 Å². The van der Waals surface area contributed by atoms with Gasteiger partial charge in [0.25, 0.3) is 0 Å². The van der Waals surface area contributed by atoms with E-state index >= 15 is 0 Å². The van der Waals surface area contributed by atoms with Gasteiger partial charge in [-0.15, -0.1) is 0 Å². The smallest absolute Gasteiger partial charge is 0.185 e. The predicted molar refractivity (Wildman–Crippen MR) is 59.8 cm³/mol. The Kier molecular flexibility index (Phi) is 3.23. The molecule has 1 aromatic carbocycles. The molecule has 1 aromatic rings. The van der Waals surface area contributed by atoms with Gasteiger partial charge in [0.05, 0.1) is 0 Å².